The molecule has 116 valence electrons. The minimum atomic E-state index is -3.43. The van der Waals surface area contributed by atoms with Gasteiger partial charge in [-0.15, -0.1) is 0 Å². The number of piperidine rings is 1. The van der Waals surface area contributed by atoms with Crippen molar-refractivity contribution in [1.29, 1.82) is 0 Å². The predicted octanol–water partition coefficient (Wildman–Crippen LogP) is 2.92. The van der Waals surface area contributed by atoms with Gasteiger partial charge in [0.05, 0.1) is 4.90 Å². The molecule has 0 bridgehead atoms. The van der Waals surface area contributed by atoms with E-state index in [0.717, 1.165) is 24.8 Å². The molecule has 1 aliphatic heterocycles. The number of sulfonamides is 1. The van der Waals surface area contributed by atoms with E-state index in [9.17, 15) is 8.42 Å². The fourth-order valence-electron chi connectivity index (χ4n) is 3.90. The Morgan fingerprint density at radius 1 is 1.14 bits per heavy atom. The van der Waals surface area contributed by atoms with E-state index in [1.54, 1.807) is 22.5 Å². The third kappa shape index (κ3) is 2.69. The van der Waals surface area contributed by atoms with Crippen molar-refractivity contribution < 1.29 is 8.42 Å². The molecule has 21 heavy (non-hydrogen) atoms. The minimum absolute atomic E-state index is 0.193. The van der Waals surface area contributed by atoms with Crippen molar-refractivity contribution in [3.8, 4) is 0 Å². The Labute approximate surface area is 127 Å². The fourth-order valence-corrected chi connectivity index (χ4v) is 5.91. The van der Waals surface area contributed by atoms with Crippen LogP contribution in [0.5, 0.6) is 0 Å². The molecular formula is C16H24N2O2S. The lowest BCUT2D eigenvalue weighted by Crippen LogP contribution is -2.49. The number of hydrogen-bond donors (Lipinski definition) is 1. The number of nitrogen functional groups attached to an aromatic ring is 1. The Morgan fingerprint density at radius 2 is 1.86 bits per heavy atom. The van der Waals surface area contributed by atoms with Crippen molar-refractivity contribution in [2.45, 2.75) is 56.4 Å². The van der Waals surface area contributed by atoms with Gasteiger partial charge < -0.3 is 5.73 Å². The average molecular weight is 308 g/mol. The Bertz CT molecular complexity index is 625. The van der Waals surface area contributed by atoms with E-state index < -0.39 is 10.0 Å². The van der Waals surface area contributed by atoms with Gasteiger partial charge in [-0.05, 0) is 56.2 Å². The summed E-state index contributed by atoms with van der Waals surface area (Å²) in [6.45, 7) is 2.49. The Kier molecular flexibility index (Phi) is 3.97. The minimum Gasteiger partial charge on any atom is -0.399 e. The first-order valence-electron chi connectivity index (χ1n) is 7.88. The molecule has 1 saturated carbocycles. The molecule has 2 N–H and O–H groups in total. The predicted molar refractivity (Wildman–Crippen MR) is 84.5 cm³/mol. The van der Waals surface area contributed by atoms with Gasteiger partial charge >= 0.3 is 0 Å². The Balaban J connectivity index is 1.98. The average Bonchev–Trinajstić information content (AvgIpc) is 2.49. The van der Waals surface area contributed by atoms with Crippen LogP contribution in [-0.4, -0.2) is 25.3 Å². The summed E-state index contributed by atoms with van der Waals surface area (Å²) in [5, 5.41) is 0. The third-order valence-corrected chi connectivity index (χ3v) is 7.06. The Hall–Kier alpha value is -1.07. The molecule has 5 heteroatoms. The van der Waals surface area contributed by atoms with Crippen molar-refractivity contribution in [3.05, 3.63) is 23.8 Å². The summed E-state index contributed by atoms with van der Waals surface area (Å²) < 4.78 is 27.9. The number of nitrogens with two attached hydrogens (primary N) is 1. The third-order valence-electron chi connectivity index (χ3n) is 4.99. The molecule has 1 aliphatic carbocycles. The quantitative estimate of drug-likeness (QED) is 0.854. The fraction of sp³-hybridized carbons (Fsp3) is 0.625. The number of benzene rings is 1. The van der Waals surface area contributed by atoms with E-state index in [1.807, 2.05) is 6.92 Å². The van der Waals surface area contributed by atoms with Crippen molar-refractivity contribution >= 4 is 15.7 Å². The highest BCUT2D eigenvalue weighted by Crippen LogP contribution is 2.38. The monoisotopic (exact) mass is 308 g/mol. The standard InChI is InChI=1S/C16H24N2O2S/c1-12-8-9-14(17)11-16(12)21(19,20)18-10-4-6-13-5-2-3-7-15(13)18/h8-9,11,13,15H,2-7,10,17H2,1H3. The van der Waals surface area contributed by atoms with Crippen molar-refractivity contribution in [2.24, 2.45) is 5.92 Å². The van der Waals surface area contributed by atoms with Crippen LogP contribution >= 0.6 is 0 Å². The summed E-state index contributed by atoms with van der Waals surface area (Å²) in [6.07, 6.45) is 6.71. The zero-order valence-corrected chi connectivity index (χ0v) is 13.4. The summed E-state index contributed by atoms with van der Waals surface area (Å²) in [4.78, 5) is 0.383. The van der Waals surface area contributed by atoms with E-state index in [1.165, 1.54) is 19.3 Å². The molecule has 0 radical (unpaired) electrons. The molecule has 2 atom stereocenters. The molecule has 3 rings (SSSR count). The first kappa shape index (κ1) is 14.9. The molecule has 0 spiro atoms. The zero-order valence-electron chi connectivity index (χ0n) is 12.6. The van der Waals surface area contributed by atoms with Crippen molar-refractivity contribution in [2.75, 3.05) is 12.3 Å². The summed E-state index contributed by atoms with van der Waals surface area (Å²) in [5.41, 5.74) is 7.09. The summed E-state index contributed by atoms with van der Waals surface area (Å²) in [5.74, 6) is 0.545. The van der Waals surface area contributed by atoms with Crippen LogP contribution in [0.4, 0.5) is 5.69 Å². The van der Waals surface area contributed by atoms with E-state index in [0.29, 0.717) is 23.0 Å². The SMILES string of the molecule is Cc1ccc(N)cc1S(=O)(=O)N1CCCC2CCCCC21. The number of rotatable bonds is 2. The summed E-state index contributed by atoms with van der Waals surface area (Å²) >= 11 is 0. The molecule has 1 saturated heterocycles. The molecule has 1 heterocycles. The second-order valence-electron chi connectivity index (χ2n) is 6.39. The van der Waals surface area contributed by atoms with Crippen LogP contribution < -0.4 is 5.73 Å². The van der Waals surface area contributed by atoms with E-state index in [-0.39, 0.29) is 6.04 Å². The number of hydrogen-bond acceptors (Lipinski definition) is 3. The van der Waals surface area contributed by atoms with E-state index in [4.69, 9.17) is 5.73 Å². The lowest BCUT2D eigenvalue weighted by Gasteiger charge is -2.43. The normalized spacial score (nSPS) is 27.3. The van der Waals surface area contributed by atoms with Crippen LogP contribution in [-0.2, 0) is 10.0 Å². The highest BCUT2D eigenvalue weighted by Gasteiger charge is 2.40. The second kappa shape index (κ2) is 5.61. The number of fused-ring (bicyclic) bond motifs is 1. The molecular weight excluding hydrogens is 284 g/mol. The van der Waals surface area contributed by atoms with Crippen LogP contribution in [0.3, 0.4) is 0 Å². The molecule has 2 unspecified atom stereocenters. The van der Waals surface area contributed by atoms with Gasteiger partial charge in [0.15, 0.2) is 0 Å². The zero-order chi connectivity index (χ0) is 15.0. The molecule has 4 nitrogen and oxygen atoms in total. The van der Waals surface area contributed by atoms with Crippen LogP contribution in [0.1, 0.15) is 44.1 Å². The van der Waals surface area contributed by atoms with Gasteiger partial charge in [0.25, 0.3) is 0 Å². The van der Waals surface area contributed by atoms with Gasteiger partial charge in [0, 0.05) is 18.3 Å². The number of aryl methyl sites for hydroxylation is 1. The Morgan fingerprint density at radius 3 is 2.67 bits per heavy atom. The molecule has 1 aromatic rings. The number of anilines is 1. The largest absolute Gasteiger partial charge is 0.399 e. The van der Waals surface area contributed by atoms with Crippen LogP contribution in [0.25, 0.3) is 0 Å². The van der Waals surface area contributed by atoms with Crippen LogP contribution in [0, 0.1) is 12.8 Å². The summed E-state index contributed by atoms with van der Waals surface area (Å²) in [6, 6.07) is 5.36. The van der Waals surface area contributed by atoms with Gasteiger partial charge in [-0.1, -0.05) is 18.9 Å². The van der Waals surface area contributed by atoms with Crippen molar-refractivity contribution in [1.82, 2.24) is 4.31 Å². The van der Waals surface area contributed by atoms with Gasteiger partial charge in [0.1, 0.15) is 0 Å². The van der Waals surface area contributed by atoms with E-state index >= 15 is 0 Å². The van der Waals surface area contributed by atoms with E-state index in [2.05, 4.69) is 0 Å². The molecule has 2 aliphatic rings. The maximum atomic E-state index is 13.1. The topological polar surface area (TPSA) is 63.4 Å². The lowest BCUT2D eigenvalue weighted by molar-refractivity contribution is 0.129. The van der Waals surface area contributed by atoms with Gasteiger partial charge in [-0.3, -0.25) is 0 Å². The number of nitrogens with zero attached hydrogens (tertiary/aromatic N) is 1. The highest BCUT2D eigenvalue weighted by atomic mass is 32.2. The molecule has 0 aromatic heterocycles. The van der Waals surface area contributed by atoms with Gasteiger partial charge in [-0.25, -0.2) is 8.42 Å². The summed E-state index contributed by atoms with van der Waals surface area (Å²) in [7, 11) is -3.43. The van der Waals surface area contributed by atoms with Crippen LogP contribution in [0.2, 0.25) is 0 Å². The van der Waals surface area contributed by atoms with Crippen molar-refractivity contribution in [3.63, 3.8) is 0 Å². The second-order valence-corrected chi connectivity index (χ2v) is 8.25. The van der Waals surface area contributed by atoms with Gasteiger partial charge in [0.2, 0.25) is 10.0 Å². The molecule has 2 fully saturated rings. The highest BCUT2D eigenvalue weighted by molar-refractivity contribution is 7.89. The van der Waals surface area contributed by atoms with Gasteiger partial charge in [-0.2, -0.15) is 4.31 Å². The van der Waals surface area contributed by atoms with Crippen LogP contribution in [0.15, 0.2) is 23.1 Å². The first-order valence-corrected chi connectivity index (χ1v) is 9.32. The molecule has 1 aromatic carbocycles. The maximum Gasteiger partial charge on any atom is 0.243 e. The first-order chi connectivity index (χ1) is 10.00. The smallest absolute Gasteiger partial charge is 0.243 e. The maximum absolute atomic E-state index is 13.1. The molecule has 0 amide bonds. The lowest BCUT2D eigenvalue weighted by atomic mass is 9.79.